The molecular formula is C19H25ClN4O2. The number of nitrogens with zero attached hydrogens (tertiary/aromatic N) is 3. The van der Waals surface area contributed by atoms with Crippen molar-refractivity contribution < 1.29 is 9.32 Å². The van der Waals surface area contributed by atoms with E-state index < -0.39 is 0 Å². The molecule has 26 heavy (non-hydrogen) atoms. The molecule has 1 aromatic carbocycles. The lowest BCUT2D eigenvalue weighted by Gasteiger charge is -2.31. The van der Waals surface area contributed by atoms with Crippen LogP contribution in [0, 0.1) is 5.92 Å². The molecule has 1 aliphatic rings. The lowest BCUT2D eigenvalue weighted by atomic mass is 9.96. The van der Waals surface area contributed by atoms with E-state index >= 15 is 0 Å². The molecule has 0 aliphatic carbocycles. The van der Waals surface area contributed by atoms with Crippen LogP contribution in [0.4, 0.5) is 0 Å². The summed E-state index contributed by atoms with van der Waals surface area (Å²) in [6, 6.07) is 7.60. The smallest absolute Gasteiger partial charge is 0.241 e. The van der Waals surface area contributed by atoms with Crippen molar-refractivity contribution in [3.8, 4) is 11.4 Å². The average molecular weight is 377 g/mol. The molecule has 140 valence electrons. The molecule has 2 atom stereocenters. The third-order valence-electron chi connectivity index (χ3n) is 4.79. The Kier molecular flexibility index (Phi) is 6.27. The molecule has 1 saturated heterocycles. The van der Waals surface area contributed by atoms with E-state index in [1.807, 2.05) is 31.2 Å². The van der Waals surface area contributed by atoms with Gasteiger partial charge in [0, 0.05) is 23.2 Å². The fourth-order valence-electron chi connectivity index (χ4n) is 3.13. The maximum absolute atomic E-state index is 12.4. The number of carbonyl (C=O) groups is 1. The monoisotopic (exact) mass is 376 g/mol. The number of likely N-dealkylation sites (tertiary alicyclic amines) is 1. The molecule has 1 amide bonds. The Morgan fingerprint density at radius 2 is 2.35 bits per heavy atom. The molecule has 1 aliphatic heterocycles. The van der Waals surface area contributed by atoms with Gasteiger partial charge in [0.1, 0.15) is 0 Å². The van der Waals surface area contributed by atoms with E-state index in [1.54, 1.807) is 0 Å². The predicted octanol–water partition coefficient (Wildman–Crippen LogP) is 3.52. The molecule has 0 bridgehead atoms. The van der Waals surface area contributed by atoms with Crippen molar-refractivity contribution in [2.24, 2.45) is 5.92 Å². The molecule has 7 heteroatoms. The van der Waals surface area contributed by atoms with Crippen LogP contribution in [0.2, 0.25) is 5.02 Å². The summed E-state index contributed by atoms with van der Waals surface area (Å²) >= 11 is 6.02. The number of aromatic nitrogens is 2. The quantitative estimate of drug-likeness (QED) is 0.835. The number of rotatable bonds is 6. The fourth-order valence-corrected chi connectivity index (χ4v) is 3.32. The van der Waals surface area contributed by atoms with Crippen LogP contribution in [0.25, 0.3) is 11.4 Å². The number of hydrogen-bond acceptors (Lipinski definition) is 5. The zero-order valence-electron chi connectivity index (χ0n) is 15.2. The van der Waals surface area contributed by atoms with Crippen LogP contribution in [-0.2, 0) is 11.3 Å². The molecule has 1 fully saturated rings. The molecule has 2 heterocycles. The highest BCUT2D eigenvalue weighted by Crippen LogP contribution is 2.22. The second kappa shape index (κ2) is 8.64. The second-order valence-corrected chi connectivity index (χ2v) is 7.35. The summed E-state index contributed by atoms with van der Waals surface area (Å²) in [4.78, 5) is 19.1. The van der Waals surface area contributed by atoms with Gasteiger partial charge in [-0.3, -0.25) is 9.69 Å². The lowest BCUT2D eigenvalue weighted by Crippen LogP contribution is -2.44. The van der Waals surface area contributed by atoms with Crippen LogP contribution in [0.3, 0.4) is 0 Å². The van der Waals surface area contributed by atoms with Crippen LogP contribution < -0.4 is 5.32 Å². The van der Waals surface area contributed by atoms with Gasteiger partial charge in [0.15, 0.2) is 0 Å². The number of piperidine rings is 1. The van der Waals surface area contributed by atoms with Gasteiger partial charge in [-0.2, -0.15) is 4.98 Å². The molecule has 2 unspecified atom stereocenters. The minimum Gasteiger partial charge on any atom is -0.353 e. The Bertz CT molecular complexity index is 749. The van der Waals surface area contributed by atoms with Crippen LogP contribution in [0.15, 0.2) is 28.8 Å². The second-order valence-electron chi connectivity index (χ2n) is 6.91. The summed E-state index contributed by atoms with van der Waals surface area (Å²) in [6.07, 6.45) is 2.86. The summed E-state index contributed by atoms with van der Waals surface area (Å²) in [5.41, 5.74) is 0.831. The summed E-state index contributed by atoms with van der Waals surface area (Å²) in [7, 11) is 0. The normalized spacial score (nSPS) is 19.3. The van der Waals surface area contributed by atoms with Crippen molar-refractivity contribution in [3.05, 3.63) is 35.2 Å². The van der Waals surface area contributed by atoms with Crippen LogP contribution in [0.1, 0.15) is 39.0 Å². The Morgan fingerprint density at radius 1 is 1.50 bits per heavy atom. The molecule has 2 aromatic rings. The first-order valence-electron chi connectivity index (χ1n) is 9.16. The number of carbonyl (C=O) groups excluding carboxylic acids is 1. The van der Waals surface area contributed by atoms with E-state index in [1.165, 1.54) is 0 Å². The molecule has 3 rings (SSSR count). The van der Waals surface area contributed by atoms with E-state index in [9.17, 15) is 4.79 Å². The highest BCUT2D eigenvalue weighted by molar-refractivity contribution is 6.30. The van der Waals surface area contributed by atoms with Crippen LogP contribution in [-0.4, -0.2) is 40.1 Å². The number of benzene rings is 1. The highest BCUT2D eigenvalue weighted by atomic mass is 35.5. The Morgan fingerprint density at radius 3 is 3.12 bits per heavy atom. The van der Waals surface area contributed by atoms with Crippen LogP contribution >= 0.6 is 11.6 Å². The summed E-state index contributed by atoms with van der Waals surface area (Å²) < 4.78 is 5.39. The van der Waals surface area contributed by atoms with Gasteiger partial charge < -0.3 is 9.84 Å². The van der Waals surface area contributed by atoms with Gasteiger partial charge in [-0.05, 0) is 44.9 Å². The van der Waals surface area contributed by atoms with E-state index in [2.05, 4.69) is 27.3 Å². The summed E-state index contributed by atoms with van der Waals surface area (Å²) in [5.74, 6) is 1.26. The minimum atomic E-state index is 0.0214. The first-order chi connectivity index (χ1) is 12.5. The summed E-state index contributed by atoms with van der Waals surface area (Å²) in [5, 5.41) is 7.77. The van der Waals surface area contributed by atoms with Gasteiger partial charge in [-0.15, -0.1) is 0 Å². The van der Waals surface area contributed by atoms with Gasteiger partial charge in [0.05, 0.1) is 12.5 Å². The Hall–Kier alpha value is -1.92. The largest absolute Gasteiger partial charge is 0.353 e. The topological polar surface area (TPSA) is 71.3 Å². The van der Waals surface area contributed by atoms with E-state index in [0.717, 1.165) is 37.9 Å². The molecule has 1 N–H and O–H groups in total. The van der Waals surface area contributed by atoms with Crippen molar-refractivity contribution in [1.29, 1.82) is 0 Å². The first kappa shape index (κ1) is 18.9. The van der Waals surface area contributed by atoms with Crippen molar-refractivity contribution >= 4 is 17.5 Å². The molecule has 6 nitrogen and oxygen atoms in total. The number of amides is 1. The van der Waals surface area contributed by atoms with Gasteiger partial charge in [-0.25, -0.2) is 0 Å². The molecule has 1 aromatic heterocycles. The van der Waals surface area contributed by atoms with Crippen molar-refractivity contribution in [2.75, 3.05) is 13.1 Å². The van der Waals surface area contributed by atoms with Crippen molar-refractivity contribution in [2.45, 2.75) is 45.7 Å². The SMILES string of the molecule is CCC(C)NC(=O)C1CCCN(Cc2nc(-c3cccc(Cl)c3)no2)C1. The number of halogens is 1. The van der Waals surface area contributed by atoms with Crippen LogP contribution in [0.5, 0.6) is 0 Å². The Balaban J connectivity index is 1.60. The third kappa shape index (κ3) is 4.83. The van der Waals surface area contributed by atoms with Crippen molar-refractivity contribution in [1.82, 2.24) is 20.4 Å². The minimum absolute atomic E-state index is 0.0214. The summed E-state index contributed by atoms with van der Waals surface area (Å²) in [6.45, 7) is 6.32. The van der Waals surface area contributed by atoms with Gasteiger partial charge in [-0.1, -0.05) is 35.8 Å². The molecular weight excluding hydrogens is 352 g/mol. The van der Waals surface area contributed by atoms with Gasteiger partial charge >= 0.3 is 0 Å². The van der Waals surface area contributed by atoms with E-state index in [4.69, 9.17) is 16.1 Å². The van der Waals surface area contributed by atoms with E-state index in [-0.39, 0.29) is 17.9 Å². The lowest BCUT2D eigenvalue weighted by molar-refractivity contribution is -0.127. The maximum atomic E-state index is 12.4. The number of nitrogens with one attached hydrogen (secondary N) is 1. The molecule has 0 radical (unpaired) electrons. The van der Waals surface area contributed by atoms with Crippen molar-refractivity contribution in [3.63, 3.8) is 0 Å². The molecule has 0 saturated carbocycles. The fraction of sp³-hybridized carbons (Fsp3) is 0.526. The molecule has 0 spiro atoms. The standard InChI is InChI=1S/C19H25ClN4O2/c1-3-13(2)21-19(25)15-7-5-9-24(11-15)12-17-22-18(23-26-17)14-6-4-8-16(20)10-14/h4,6,8,10,13,15H,3,5,7,9,11-12H2,1-2H3,(H,21,25). The first-order valence-corrected chi connectivity index (χ1v) is 9.54. The zero-order chi connectivity index (χ0) is 18.5. The predicted molar refractivity (Wildman–Crippen MR) is 101 cm³/mol. The maximum Gasteiger partial charge on any atom is 0.241 e. The number of hydrogen-bond donors (Lipinski definition) is 1. The highest BCUT2D eigenvalue weighted by Gasteiger charge is 2.27. The van der Waals surface area contributed by atoms with E-state index in [0.29, 0.717) is 23.3 Å². The van der Waals surface area contributed by atoms with Gasteiger partial charge in [0.25, 0.3) is 0 Å². The zero-order valence-corrected chi connectivity index (χ0v) is 16.0. The third-order valence-corrected chi connectivity index (χ3v) is 5.02. The average Bonchev–Trinajstić information content (AvgIpc) is 3.10. The Labute approximate surface area is 158 Å². The van der Waals surface area contributed by atoms with Gasteiger partial charge in [0.2, 0.25) is 17.6 Å².